The van der Waals surface area contributed by atoms with E-state index < -0.39 is 0 Å². The molecule has 1 unspecified atom stereocenters. The fraction of sp³-hybridized carbons (Fsp3) is 0.333. The van der Waals surface area contributed by atoms with E-state index in [0.717, 1.165) is 24.5 Å². The minimum atomic E-state index is 0. The highest BCUT2D eigenvalue weighted by molar-refractivity contribution is 14.0. The molecule has 2 rings (SSSR count). The van der Waals surface area contributed by atoms with E-state index in [0.29, 0.717) is 5.56 Å². The molecular weight excluding hydrogens is 451 g/mol. The van der Waals surface area contributed by atoms with Gasteiger partial charge in [-0.3, -0.25) is 9.79 Å². The van der Waals surface area contributed by atoms with Gasteiger partial charge in [-0.2, -0.15) is 0 Å². The van der Waals surface area contributed by atoms with Crippen molar-refractivity contribution in [1.82, 2.24) is 15.5 Å². The molecule has 6 heteroatoms. The molecule has 27 heavy (non-hydrogen) atoms. The first-order valence-electron chi connectivity index (χ1n) is 8.84. The number of halogens is 1. The van der Waals surface area contributed by atoms with E-state index in [4.69, 9.17) is 0 Å². The highest BCUT2D eigenvalue weighted by Gasteiger charge is 2.09. The lowest BCUT2D eigenvalue weighted by Gasteiger charge is -2.18. The van der Waals surface area contributed by atoms with Crippen LogP contribution in [0.2, 0.25) is 0 Å². The molecule has 0 heterocycles. The van der Waals surface area contributed by atoms with Crippen LogP contribution in [0.15, 0.2) is 59.6 Å². The second-order valence-corrected chi connectivity index (χ2v) is 6.43. The van der Waals surface area contributed by atoms with Crippen LogP contribution in [0.25, 0.3) is 0 Å². The summed E-state index contributed by atoms with van der Waals surface area (Å²) in [6.45, 7) is 2.85. The van der Waals surface area contributed by atoms with Crippen LogP contribution < -0.4 is 10.6 Å². The molecular formula is C21H29IN4O. The van der Waals surface area contributed by atoms with Crippen molar-refractivity contribution in [3.63, 3.8) is 0 Å². The molecule has 0 aliphatic rings. The van der Waals surface area contributed by atoms with E-state index in [1.54, 1.807) is 26.0 Å². The van der Waals surface area contributed by atoms with Crippen LogP contribution in [0.1, 0.15) is 34.5 Å². The Labute approximate surface area is 179 Å². The van der Waals surface area contributed by atoms with Crippen LogP contribution in [0, 0.1) is 0 Å². The smallest absolute Gasteiger partial charge is 0.253 e. The first kappa shape index (κ1) is 23.0. The maximum atomic E-state index is 12.1. The summed E-state index contributed by atoms with van der Waals surface area (Å²) in [5.74, 6) is 0.788. The van der Waals surface area contributed by atoms with Crippen molar-refractivity contribution in [2.24, 2.45) is 4.99 Å². The summed E-state index contributed by atoms with van der Waals surface area (Å²) in [6.07, 6.45) is 0.814. The van der Waals surface area contributed by atoms with E-state index in [2.05, 4.69) is 34.7 Å². The monoisotopic (exact) mass is 480 g/mol. The van der Waals surface area contributed by atoms with Gasteiger partial charge in [0.1, 0.15) is 0 Å². The van der Waals surface area contributed by atoms with Crippen LogP contribution in [0.5, 0.6) is 0 Å². The highest BCUT2D eigenvalue weighted by atomic mass is 127. The van der Waals surface area contributed by atoms with Gasteiger partial charge in [-0.25, -0.2) is 0 Å². The van der Waals surface area contributed by atoms with Crippen molar-refractivity contribution in [3.05, 3.63) is 71.3 Å². The summed E-state index contributed by atoms with van der Waals surface area (Å²) in [7, 11) is 5.30. The summed E-state index contributed by atoms with van der Waals surface area (Å²) in [4.78, 5) is 17.9. The molecule has 0 saturated heterocycles. The number of guanidine groups is 1. The Hall–Kier alpha value is -2.09. The Morgan fingerprint density at radius 2 is 1.81 bits per heavy atom. The Balaban J connectivity index is 0.00000364. The molecule has 0 spiro atoms. The van der Waals surface area contributed by atoms with Crippen LogP contribution in [-0.2, 0) is 6.42 Å². The number of rotatable bonds is 6. The number of amides is 1. The van der Waals surface area contributed by atoms with Gasteiger partial charge in [0.05, 0.1) is 6.04 Å². The van der Waals surface area contributed by atoms with Gasteiger partial charge in [-0.05, 0) is 36.6 Å². The van der Waals surface area contributed by atoms with Gasteiger partial charge in [-0.1, -0.05) is 42.5 Å². The first-order valence-corrected chi connectivity index (χ1v) is 8.84. The minimum absolute atomic E-state index is 0. The number of carbonyl (C=O) groups is 1. The predicted octanol–water partition coefficient (Wildman–Crippen LogP) is 3.48. The van der Waals surface area contributed by atoms with Gasteiger partial charge >= 0.3 is 0 Å². The lowest BCUT2D eigenvalue weighted by Crippen LogP contribution is -2.39. The van der Waals surface area contributed by atoms with Gasteiger partial charge in [-0.15, -0.1) is 24.0 Å². The van der Waals surface area contributed by atoms with Crippen LogP contribution in [0.3, 0.4) is 0 Å². The third kappa shape index (κ3) is 7.21. The average molecular weight is 480 g/mol. The largest absolute Gasteiger partial charge is 0.356 e. The Bertz CT molecular complexity index is 747. The van der Waals surface area contributed by atoms with E-state index in [-0.39, 0.29) is 35.9 Å². The summed E-state index contributed by atoms with van der Waals surface area (Å²) >= 11 is 0. The van der Waals surface area contributed by atoms with Crippen molar-refractivity contribution in [3.8, 4) is 0 Å². The molecule has 2 aromatic rings. The standard InChI is InChI=1S/C21H28N4O.HI/c1-16(18-10-6-5-7-11-18)24-21(22-2)23-14-13-17-9-8-12-19(15-17)20(26)25(3)4;/h5-12,15-16H,13-14H2,1-4H3,(H2,22,23,24);1H. The van der Waals surface area contributed by atoms with E-state index >= 15 is 0 Å². The topological polar surface area (TPSA) is 56.7 Å². The van der Waals surface area contributed by atoms with Crippen LogP contribution in [-0.4, -0.2) is 44.5 Å². The van der Waals surface area contributed by atoms with Gasteiger partial charge in [0.2, 0.25) is 0 Å². The Morgan fingerprint density at radius 3 is 2.44 bits per heavy atom. The maximum Gasteiger partial charge on any atom is 0.253 e. The van der Waals surface area contributed by atoms with Crippen LogP contribution in [0.4, 0.5) is 0 Å². The number of carbonyl (C=O) groups excluding carboxylic acids is 1. The molecule has 0 radical (unpaired) electrons. The van der Waals surface area contributed by atoms with E-state index in [9.17, 15) is 4.79 Å². The number of hydrogen-bond donors (Lipinski definition) is 2. The molecule has 0 saturated carbocycles. The molecule has 0 bridgehead atoms. The summed E-state index contributed by atoms with van der Waals surface area (Å²) < 4.78 is 0. The van der Waals surface area contributed by atoms with Gasteiger partial charge in [0.25, 0.3) is 5.91 Å². The van der Waals surface area contributed by atoms with Crippen molar-refractivity contribution >= 4 is 35.8 Å². The number of nitrogens with one attached hydrogen (secondary N) is 2. The predicted molar refractivity (Wildman–Crippen MR) is 123 cm³/mol. The number of benzene rings is 2. The fourth-order valence-corrected chi connectivity index (χ4v) is 2.67. The zero-order chi connectivity index (χ0) is 18.9. The normalized spacial score (nSPS) is 11.9. The SMILES string of the molecule is CN=C(NCCc1cccc(C(=O)N(C)C)c1)NC(C)c1ccccc1.I. The molecule has 0 aromatic heterocycles. The zero-order valence-corrected chi connectivity index (χ0v) is 18.7. The zero-order valence-electron chi connectivity index (χ0n) is 16.4. The molecule has 2 N–H and O–H groups in total. The third-order valence-corrected chi connectivity index (χ3v) is 4.16. The molecule has 2 aromatic carbocycles. The molecule has 1 amide bonds. The lowest BCUT2D eigenvalue weighted by atomic mass is 10.1. The van der Waals surface area contributed by atoms with Gasteiger partial charge < -0.3 is 15.5 Å². The van der Waals surface area contributed by atoms with E-state index in [1.807, 2.05) is 42.5 Å². The number of hydrogen-bond acceptors (Lipinski definition) is 2. The van der Waals surface area contributed by atoms with Gasteiger partial charge in [0.15, 0.2) is 5.96 Å². The maximum absolute atomic E-state index is 12.1. The van der Waals surface area contributed by atoms with Crippen LogP contribution >= 0.6 is 24.0 Å². The third-order valence-electron chi connectivity index (χ3n) is 4.16. The van der Waals surface area contributed by atoms with Crippen molar-refractivity contribution in [2.75, 3.05) is 27.7 Å². The van der Waals surface area contributed by atoms with Crippen molar-refractivity contribution in [1.29, 1.82) is 0 Å². The van der Waals surface area contributed by atoms with Gasteiger partial charge in [0, 0.05) is 33.3 Å². The number of nitrogens with zero attached hydrogens (tertiary/aromatic N) is 2. The molecule has 0 fully saturated rings. The van der Waals surface area contributed by atoms with Crippen molar-refractivity contribution < 1.29 is 4.79 Å². The second kappa shape index (κ2) is 11.6. The summed E-state index contributed by atoms with van der Waals surface area (Å²) in [5.41, 5.74) is 3.05. The molecule has 5 nitrogen and oxygen atoms in total. The Morgan fingerprint density at radius 1 is 1.11 bits per heavy atom. The lowest BCUT2D eigenvalue weighted by molar-refractivity contribution is 0.0827. The molecule has 0 aliphatic heterocycles. The average Bonchev–Trinajstić information content (AvgIpc) is 2.67. The summed E-state index contributed by atoms with van der Waals surface area (Å²) in [6, 6.07) is 18.2. The molecule has 0 aliphatic carbocycles. The highest BCUT2D eigenvalue weighted by Crippen LogP contribution is 2.11. The summed E-state index contributed by atoms with van der Waals surface area (Å²) in [5, 5.41) is 6.73. The fourth-order valence-electron chi connectivity index (χ4n) is 2.67. The van der Waals surface area contributed by atoms with E-state index in [1.165, 1.54) is 5.56 Å². The number of aliphatic imine (C=N–C) groups is 1. The molecule has 1 atom stereocenters. The van der Waals surface area contributed by atoms with Crippen molar-refractivity contribution in [2.45, 2.75) is 19.4 Å². The minimum Gasteiger partial charge on any atom is -0.356 e. The Kier molecular flexibility index (Phi) is 9.85. The molecule has 146 valence electrons. The first-order chi connectivity index (χ1) is 12.5. The second-order valence-electron chi connectivity index (χ2n) is 6.43. The quantitative estimate of drug-likeness (QED) is 0.378.